The molecule has 0 aromatic carbocycles. The van der Waals surface area contributed by atoms with Gasteiger partial charge in [0, 0.05) is 12.5 Å². The molecule has 1 saturated heterocycles. The molecule has 0 spiro atoms. The maximum Gasteiger partial charge on any atom is 0.136 e. The van der Waals surface area contributed by atoms with Gasteiger partial charge in [-0.3, -0.25) is 0 Å². The third-order valence-corrected chi connectivity index (χ3v) is 3.64. The lowest BCUT2D eigenvalue weighted by Gasteiger charge is -2.19. The van der Waals surface area contributed by atoms with Gasteiger partial charge in [0.1, 0.15) is 11.6 Å². The second-order valence-corrected chi connectivity index (χ2v) is 4.64. The van der Waals surface area contributed by atoms with Crippen molar-refractivity contribution in [1.29, 1.82) is 0 Å². The molecule has 1 aromatic heterocycles. The Bertz CT molecular complexity index is 335. The van der Waals surface area contributed by atoms with E-state index in [1.807, 2.05) is 0 Å². The standard InChI is InChI=1S/C12H22N4/c1-4-10(5-2)12-15-14-9(3)16(12)11-6-7-13-8-11/h10-11,13H,4-8H2,1-3H3. The Kier molecular flexibility index (Phi) is 3.59. The molecular weight excluding hydrogens is 200 g/mol. The maximum absolute atomic E-state index is 4.39. The molecule has 4 heteroatoms. The first-order chi connectivity index (χ1) is 7.77. The second kappa shape index (κ2) is 4.95. The van der Waals surface area contributed by atoms with E-state index in [-0.39, 0.29) is 0 Å². The number of aromatic nitrogens is 3. The molecule has 1 N–H and O–H groups in total. The van der Waals surface area contributed by atoms with E-state index in [2.05, 4.69) is 40.9 Å². The SMILES string of the molecule is CCC(CC)c1nnc(C)n1C1CCNC1. The molecule has 16 heavy (non-hydrogen) atoms. The summed E-state index contributed by atoms with van der Waals surface area (Å²) in [5, 5.41) is 12.1. The Morgan fingerprint density at radius 3 is 2.69 bits per heavy atom. The fourth-order valence-corrected chi connectivity index (χ4v) is 2.63. The predicted molar refractivity (Wildman–Crippen MR) is 64.6 cm³/mol. The highest BCUT2D eigenvalue weighted by Gasteiger charge is 2.24. The quantitative estimate of drug-likeness (QED) is 0.847. The van der Waals surface area contributed by atoms with Crippen molar-refractivity contribution < 1.29 is 0 Å². The van der Waals surface area contributed by atoms with Crippen molar-refractivity contribution in [3.8, 4) is 0 Å². The van der Waals surface area contributed by atoms with E-state index in [9.17, 15) is 0 Å². The van der Waals surface area contributed by atoms with Crippen LogP contribution in [0, 0.1) is 6.92 Å². The molecule has 2 rings (SSSR count). The molecule has 1 aromatic rings. The van der Waals surface area contributed by atoms with E-state index in [4.69, 9.17) is 0 Å². The largest absolute Gasteiger partial charge is 0.315 e. The highest BCUT2D eigenvalue weighted by Crippen LogP contribution is 2.27. The highest BCUT2D eigenvalue weighted by atomic mass is 15.3. The number of nitrogens with zero attached hydrogens (tertiary/aromatic N) is 3. The van der Waals surface area contributed by atoms with Gasteiger partial charge >= 0.3 is 0 Å². The van der Waals surface area contributed by atoms with Crippen LogP contribution in [0.25, 0.3) is 0 Å². The minimum atomic E-state index is 0.557. The molecule has 0 aliphatic carbocycles. The van der Waals surface area contributed by atoms with Crippen molar-refractivity contribution in [1.82, 2.24) is 20.1 Å². The van der Waals surface area contributed by atoms with E-state index in [0.717, 1.165) is 31.8 Å². The molecule has 4 nitrogen and oxygen atoms in total. The molecule has 0 saturated carbocycles. The van der Waals surface area contributed by atoms with Crippen LogP contribution in [0.4, 0.5) is 0 Å². The predicted octanol–water partition coefficient (Wildman–Crippen LogP) is 2.02. The van der Waals surface area contributed by atoms with Crippen molar-refractivity contribution >= 4 is 0 Å². The number of hydrogen-bond acceptors (Lipinski definition) is 3. The lowest BCUT2D eigenvalue weighted by atomic mass is 10.0. The first-order valence-electron chi connectivity index (χ1n) is 6.40. The summed E-state index contributed by atoms with van der Waals surface area (Å²) >= 11 is 0. The normalized spacial score (nSPS) is 20.9. The molecule has 1 unspecified atom stereocenters. The topological polar surface area (TPSA) is 42.7 Å². The van der Waals surface area contributed by atoms with Crippen LogP contribution in [0.3, 0.4) is 0 Å². The summed E-state index contributed by atoms with van der Waals surface area (Å²) in [6.07, 6.45) is 3.50. The van der Waals surface area contributed by atoms with Gasteiger partial charge in [-0.2, -0.15) is 0 Å². The zero-order valence-electron chi connectivity index (χ0n) is 10.5. The number of nitrogens with one attached hydrogen (secondary N) is 1. The minimum absolute atomic E-state index is 0.557. The minimum Gasteiger partial charge on any atom is -0.315 e. The fourth-order valence-electron chi connectivity index (χ4n) is 2.63. The summed E-state index contributed by atoms with van der Waals surface area (Å²) in [5.41, 5.74) is 0. The Balaban J connectivity index is 2.30. The Morgan fingerprint density at radius 1 is 1.38 bits per heavy atom. The summed E-state index contributed by atoms with van der Waals surface area (Å²) in [5.74, 6) is 2.81. The van der Waals surface area contributed by atoms with Gasteiger partial charge in [-0.25, -0.2) is 0 Å². The van der Waals surface area contributed by atoms with E-state index in [1.165, 1.54) is 12.2 Å². The van der Waals surface area contributed by atoms with Crippen molar-refractivity contribution in [3.05, 3.63) is 11.6 Å². The molecule has 1 atom stereocenters. The van der Waals surface area contributed by atoms with Crippen LogP contribution in [0.2, 0.25) is 0 Å². The van der Waals surface area contributed by atoms with Crippen molar-refractivity contribution in [2.45, 2.75) is 52.0 Å². The summed E-state index contributed by atoms with van der Waals surface area (Å²) < 4.78 is 2.36. The van der Waals surface area contributed by atoms with E-state index < -0.39 is 0 Å². The van der Waals surface area contributed by atoms with Gasteiger partial charge in [-0.15, -0.1) is 10.2 Å². The average Bonchev–Trinajstić information content (AvgIpc) is 2.90. The summed E-state index contributed by atoms with van der Waals surface area (Å²) in [6, 6.07) is 0.561. The number of aryl methyl sites for hydroxylation is 1. The summed E-state index contributed by atoms with van der Waals surface area (Å²) in [6.45, 7) is 8.71. The third-order valence-electron chi connectivity index (χ3n) is 3.64. The van der Waals surface area contributed by atoms with Crippen molar-refractivity contribution in [3.63, 3.8) is 0 Å². The fraction of sp³-hybridized carbons (Fsp3) is 0.833. The van der Waals surface area contributed by atoms with Gasteiger partial charge in [-0.05, 0) is 32.7 Å². The van der Waals surface area contributed by atoms with E-state index in [0.29, 0.717) is 12.0 Å². The zero-order valence-corrected chi connectivity index (χ0v) is 10.5. The van der Waals surface area contributed by atoms with Gasteiger partial charge in [0.15, 0.2) is 0 Å². The van der Waals surface area contributed by atoms with Gasteiger partial charge in [0.05, 0.1) is 6.04 Å². The second-order valence-electron chi connectivity index (χ2n) is 4.64. The molecule has 0 radical (unpaired) electrons. The van der Waals surface area contributed by atoms with Gasteiger partial charge < -0.3 is 9.88 Å². The van der Waals surface area contributed by atoms with Crippen LogP contribution in [0.5, 0.6) is 0 Å². The van der Waals surface area contributed by atoms with Crippen molar-refractivity contribution in [2.75, 3.05) is 13.1 Å². The Morgan fingerprint density at radius 2 is 2.12 bits per heavy atom. The molecule has 2 heterocycles. The van der Waals surface area contributed by atoms with E-state index in [1.54, 1.807) is 0 Å². The van der Waals surface area contributed by atoms with Gasteiger partial charge in [-0.1, -0.05) is 13.8 Å². The molecule has 1 aliphatic rings. The summed E-state index contributed by atoms with van der Waals surface area (Å²) in [7, 11) is 0. The maximum atomic E-state index is 4.39. The molecule has 0 amide bonds. The van der Waals surface area contributed by atoms with Crippen LogP contribution < -0.4 is 5.32 Å². The third kappa shape index (κ3) is 1.98. The Labute approximate surface area is 97.5 Å². The van der Waals surface area contributed by atoms with E-state index >= 15 is 0 Å². The van der Waals surface area contributed by atoms with Crippen LogP contribution in [-0.2, 0) is 0 Å². The van der Waals surface area contributed by atoms with Crippen molar-refractivity contribution in [2.24, 2.45) is 0 Å². The van der Waals surface area contributed by atoms with Gasteiger partial charge in [0.25, 0.3) is 0 Å². The highest BCUT2D eigenvalue weighted by molar-refractivity contribution is 5.04. The van der Waals surface area contributed by atoms with Crippen LogP contribution in [0.15, 0.2) is 0 Å². The smallest absolute Gasteiger partial charge is 0.136 e. The lowest BCUT2D eigenvalue weighted by Crippen LogP contribution is -2.18. The van der Waals surface area contributed by atoms with Crippen LogP contribution in [-0.4, -0.2) is 27.9 Å². The number of hydrogen-bond donors (Lipinski definition) is 1. The van der Waals surface area contributed by atoms with Gasteiger partial charge in [0.2, 0.25) is 0 Å². The molecule has 1 fully saturated rings. The van der Waals surface area contributed by atoms with Crippen LogP contribution >= 0.6 is 0 Å². The lowest BCUT2D eigenvalue weighted by molar-refractivity contribution is 0.473. The molecular formula is C12H22N4. The summed E-state index contributed by atoms with van der Waals surface area (Å²) in [4.78, 5) is 0. The monoisotopic (exact) mass is 222 g/mol. The molecule has 1 aliphatic heterocycles. The first kappa shape index (κ1) is 11.6. The number of rotatable bonds is 4. The average molecular weight is 222 g/mol. The Hall–Kier alpha value is -0.900. The van der Waals surface area contributed by atoms with Crippen LogP contribution in [0.1, 0.15) is 56.7 Å². The molecule has 0 bridgehead atoms. The molecule has 90 valence electrons. The first-order valence-corrected chi connectivity index (χ1v) is 6.40. The zero-order chi connectivity index (χ0) is 11.5.